The highest BCUT2D eigenvalue weighted by Gasteiger charge is 2.18. The number of nitrogens with zero attached hydrogens (tertiary/aromatic N) is 1. The third-order valence-corrected chi connectivity index (χ3v) is 2.52. The molecule has 0 aliphatic rings. The maximum absolute atomic E-state index is 11.4. The molecule has 0 radical (unpaired) electrons. The van der Waals surface area contributed by atoms with Gasteiger partial charge in [0, 0.05) is 0 Å². The largest absolute Gasteiger partial charge is 0.481 e. The lowest BCUT2D eigenvalue weighted by molar-refractivity contribution is -0.125. The number of rotatable bonds is 4. The van der Waals surface area contributed by atoms with E-state index in [0.717, 1.165) is 6.26 Å². The van der Waals surface area contributed by atoms with Crippen LogP contribution in [0.4, 0.5) is 0 Å². The zero-order valence-corrected chi connectivity index (χ0v) is 10.7. The molecule has 7 heteroatoms. The molecule has 0 fully saturated rings. The molecule has 0 aromatic heterocycles. The van der Waals surface area contributed by atoms with Crippen LogP contribution in [0, 0.1) is 11.3 Å². The highest BCUT2D eigenvalue weighted by molar-refractivity contribution is 7.89. The summed E-state index contributed by atoms with van der Waals surface area (Å²) in [4.78, 5) is 11.4. The number of carbonyl (C=O) groups excluding carboxylic acids is 1. The molecule has 1 amide bonds. The van der Waals surface area contributed by atoms with E-state index in [-0.39, 0.29) is 0 Å². The van der Waals surface area contributed by atoms with Gasteiger partial charge in [-0.3, -0.25) is 9.52 Å². The Kier molecular flexibility index (Phi) is 4.28. The highest BCUT2D eigenvalue weighted by atomic mass is 32.2. The van der Waals surface area contributed by atoms with Gasteiger partial charge in [0.15, 0.2) is 6.10 Å². The van der Waals surface area contributed by atoms with Gasteiger partial charge in [-0.15, -0.1) is 0 Å². The normalized spacial score (nSPS) is 12.3. The van der Waals surface area contributed by atoms with Crippen molar-refractivity contribution in [1.82, 2.24) is 4.72 Å². The number of ether oxygens (including phenoxy) is 1. The van der Waals surface area contributed by atoms with Crippen molar-refractivity contribution in [2.24, 2.45) is 0 Å². The standard InChI is InChI=1S/C11H12N2O4S/c1-8(11(14)13-18(2,15)16)17-10-5-3-9(7-12)4-6-10/h3-6,8H,1-2H3,(H,13,14). The van der Waals surface area contributed by atoms with E-state index in [2.05, 4.69) is 0 Å². The van der Waals surface area contributed by atoms with E-state index in [1.807, 2.05) is 10.8 Å². The molecule has 0 spiro atoms. The van der Waals surface area contributed by atoms with Crippen molar-refractivity contribution in [3.8, 4) is 11.8 Å². The van der Waals surface area contributed by atoms with Crippen LogP contribution in [-0.4, -0.2) is 26.7 Å². The molecule has 1 atom stereocenters. The molecule has 0 aliphatic heterocycles. The minimum atomic E-state index is -3.59. The van der Waals surface area contributed by atoms with Gasteiger partial charge in [-0.25, -0.2) is 8.42 Å². The van der Waals surface area contributed by atoms with Gasteiger partial charge in [0.05, 0.1) is 17.9 Å². The van der Waals surface area contributed by atoms with Crippen molar-refractivity contribution in [2.75, 3.05) is 6.26 Å². The Labute approximate surface area is 105 Å². The number of amides is 1. The summed E-state index contributed by atoms with van der Waals surface area (Å²) >= 11 is 0. The second kappa shape index (κ2) is 5.51. The molecule has 0 bridgehead atoms. The Morgan fingerprint density at radius 3 is 2.39 bits per heavy atom. The molecule has 1 rings (SSSR count). The number of nitrogens with one attached hydrogen (secondary N) is 1. The van der Waals surface area contributed by atoms with Crippen LogP contribution in [-0.2, 0) is 14.8 Å². The maximum Gasteiger partial charge on any atom is 0.274 e. The molecule has 1 aromatic carbocycles. The van der Waals surface area contributed by atoms with Crippen LogP contribution >= 0.6 is 0 Å². The molecule has 1 N–H and O–H groups in total. The first-order valence-corrected chi connectivity index (χ1v) is 6.89. The lowest BCUT2D eigenvalue weighted by Crippen LogP contribution is -2.39. The molecule has 1 unspecified atom stereocenters. The topological polar surface area (TPSA) is 96.3 Å². The fraction of sp³-hybridized carbons (Fsp3) is 0.273. The third kappa shape index (κ3) is 4.43. The molecule has 96 valence electrons. The van der Waals surface area contributed by atoms with Crippen molar-refractivity contribution < 1.29 is 17.9 Å². The van der Waals surface area contributed by atoms with Crippen LogP contribution in [0.3, 0.4) is 0 Å². The second-order valence-electron chi connectivity index (χ2n) is 3.63. The summed E-state index contributed by atoms with van der Waals surface area (Å²) in [5.41, 5.74) is 0.468. The predicted molar refractivity (Wildman–Crippen MR) is 64.2 cm³/mol. The molecule has 0 saturated carbocycles. The fourth-order valence-corrected chi connectivity index (χ4v) is 1.66. The van der Waals surface area contributed by atoms with Gasteiger partial charge in [-0.1, -0.05) is 0 Å². The summed E-state index contributed by atoms with van der Waals surface area (Å²) in [7, 11) is -3.59. The predicted octanol–water partition coefficient (Wildman–Crippen LogP) is 0.401. The van der Waals surface area contributed by atoms with Crippen LogP contribution in [0.25, 0.3) is 0 Å². The molecule has 0 aliphatic carbocycles. The minimum Gasteiger partial charge on any atom is -0.481 e. The third-order valence-electron chi connectivity index (χ3n) is 1.95. The summed E-state index contributed by atoms with van der Waals surface area (Å²) in [6.45, 7) is 1.43. The van der Waals surface area contributed by atoms with Crippen LogP contribution in [0.5, 0.6) is 5.75 Å². The Morgan fingerprint density at radius 2 is 1.94 bits per heavy atom. The Hall–Kier alpha value is -2.07. The van der Waals surface area contributed by atoms with Gasteiger partial charge in [0.1, 0.15) is 5.75 Å². The van der Waals surface area contributed by atoms with Crippen molar-refractivity contribution in [1.29, 1.82) is 5.26 Å². The van der Waals surface area contributed by atoms with Crippen LogP contribution < -0.4 is 9.46 Å². The van der Waals surface area contributed by atoms with Gasteiger partial charge in [-0.2, -0.15) is 5.26 Å². The molecule has 0 saturated heterocycles. The van der Waals surface area contributed by atoms with E-state index in [1.54, 1.807) is 0 Å². The summed E-state index contributed by atoms with van der Waals surface area (Å²) in [6.07, 6.45) is -0.0630. The van der Waals surface area contributed by atoms with E-state index in [4.69, 9.17) is 10.00 Å². The van der Waals surface area contributed by atoms with Crippen molar-refractivity contribution in [3.63, 3.8) is 0 Å². The van der Waals surface area contributed by atoms with Crippen LogP contribution in [0.2, 0.25) is 0 Å². The van der Waals surface area contributed by atoms with Crippen LogP contribution in [0.15, 0.2) is 24.3 Å². The first-order chi connectivity index (χ1) is 8.31. The van der Waals surface area contributed by atoms with E-state index >= 15 is 0 Å². The second-order valence-corrected chi connectivity index (χ2v) is 5.38. The Balaban J connectivity index is 2.67. The molecule has 0 heterocycles. The Bertz CT molecular complexity index is 572. The molecule has 18 heavy (non-hydrogen) atoms. The van der Waals surface area contributed by atoms with E-state index < -0.39 is 22.0 Å². The number of sulfonamides is 1. The minimum absolute atomic E-state index is 0.380. The van der Waals surface area contributed by atoms with Crippen molar-refractivity contribution in [2.45, 2.75) is 13.0 Å². The van der Waals surface area contributed by atoms with Crippen molar-refractivity contribution >= 4 is 15.9 Å². The van der Waals surface area contributed by atoms with Crippen molar-refractivity contribution in [3.05, 3.63) is 29.8 Å². The zero-order valence-electron chi connectivity index (χ0n) is 9.88. The zero-order chi connectivity index (χ0) is 13.8. The van der Waals surface area contributed by atoms with E-state index in [9.17, 15) is 13.2 Å². The first kappa shape index (κ1) is 14.0. The number of hydrogen-bond acceptors (Lipinski definition) is 5. The summed E-state index contributed by atoms with van der Waals surface area (Å²) < 4.78 is 28.8. The highest BCUT2D eigenvalue weighted by Crippen LogP contribution is 2.13. The SMILES string of the molecule is CC(Oc1ccc(C#N)cc1)C(=O)NS(C)(=O)=O. The molecular weight excluding hydrogens is 256 g/mol. The van der Waals surface area contributed by atoms with E-state index in [0.29, 0.717) is 11.3 Å². The molecule has 1 aromatic rings. The summed E-state index contributed by atoms with van der Waals surface area (Å²) in [5, 5.41) is 8.60. The van der Waals surface area contributed by atoms with Gasteiger partial charge < -0.3 is 4.74 Å². The van der Waals surface area contributed by atoms with E-state index in [1.165, 1.54) is 31.2 Å². The van der Waals surface area contributed by atoms with Gasteiger partial charge >= 0.3 is 0 Å². The van der Waals surface area contributed by atoms with Gasteiger partial charge in [0.2, 0.25) is 10.0 Å². The quantitative estimate of drug-likeness (QED) is 0.852. The van der Waals surface area contributed by atoms with Crippen LogP contribution in [0.1, 0.15) is 12.5 Å². The number of hydrogen-bond donors (Lipinski definition) is 1. The molecular formula is C11H12N2O4S. The smallest absolute Gasteiger partial charge is 0.274 e. The maximum atomic E-state index is 11.4. The number of benzene rings is 1. The lowest BCUT2D eigenvalue weighted by Gasteiger charge is -2.13. The summed E-state index contributed by atoms with van der Waals surface area (Å²) in [5.74, 6) is -0.369. The first-order valence-electron chi connectivity index (χ1n) is 5.00. The number of nitriles is 1. The monoisotopic (exact) mass is 268 g/mol. The molecule has 6 nitrogen and oxygen atoms in total. The lowest BCUT2D eigenvalue weighted by atomic mass is 10.2. The summed E-state index contributed by atoms with van der Waals surface area (Å²) in [6, 6.07) is 8.08. The average Bonchev–Trinajstić information content (AvgIpc) is 2.27. The average molecular weight is 268 g/mol. The fourth-order valence-electron chi connectivity index (χ4n) is 1.13. The van der Waals surface area contributed by atoms with Gasteiger partial charge in [-0.05, 0) is 31.2 Å². The van der Waals surface area contributed by atoms with Gasteiger partial charge in [0.25, 0.3) is 5.91 Å². The Morgan fingerprint density at radius 1 is 1.39 bits per heavy atom. The number of carbonyl (C=O) groups is 1.